The number of urea groups is 1. The van der Waals surface area contributed by atoms with Crippen LogP contribution in [0.4, 0.5) is 4.79 Å². The molecule has 0 aromatic carbocycles. The van der Waals surface area contributed by atoms with Crippen LogP contribution in [-0.2, 0) is 4.74 Å². The van der Waals surface area contributed by atoms with Crippen molar-refractivity contribution in [2.75, 3.05) is 26.4 Å². The molecule has 16 heavy (non-hydrogen) atoms. The number of ether oxygens (including phenoxy) is 1. The molecule has 94 valence electrons. The van der Waals surface area contributed by atoms with Gasteiger partial charge in [0.1, 0.15) is 0 Å². The van der Waals surface area contributed by atoms with E-state index in [1.807, 2.05) is 13.8 Å². The number of carbonyl (C=O) groups is 1. The first-order valence-corrected chi connectivity index (χ1v) is 5.87. The zero-order valence-electron chi connectivity index (χ0n) is 10.1. The van der Waals surface area contributed by atoms with Crippen LogP contribution in [0.1, 0.15) is 26.7 Å². The summed E-state index contributed by atoms with van der Waals surface area (Å²) in [5, 5.41) is 14.8. The van der Waals surface area contributed by atoms with Crippen LogP contribution in [0.15, 0.2) is 0 Å². The zero-order chi connectivity index (χ0) is 12.0. The van der Waals surface area contributed by atoms with Gasteiger partial charge in [-0.1, -0.05) is 0 Å². The molecule has 5 nitrogen and oxygen atoms in total. The smallest absolute Gasteiger partial charge is 0.315 e. The van der Waals surface area contributed by atoms with Crippen LogP contribution in [0.5, 0.6) is 0 Å². The van der Waals surface area contributed by atoms with Crippen LogP contribution in [-0.4, -0.2) is 43.0 Å². The summed E-state index contributed by atoms with van der Waals surface area (Å²) in [5.41, 5.74) is -0.476. The van der Waals surface area contributed by atoms with Crippen LogP contribution in [0.2, 0.25) is 0 Å². The van der Waals surface area contributed by atoms with Gasteiger partial charge in [-0.05, 0) is 32.6 Å². The van der Waals surface area contributed by atoms with Gasteiger partial charge >= 0.3 is 6.03 Å². The SMILES string of the molecule is CCOCCNC(=O)NC(C)(CO)C1CC1. The average Bonchev–Trinajstić information content (AvgIpc) is 3.08. The molecule has 1 aliphatic carbocycles. The standard InChI is InChI=1S/C11H22N2O3/c1-3-16-7-6-12-10(15)13-11(2,8-14)9-4-5-9/h9,14H,3-8H2,1-2H3,(H2,12,13,15). The molecule has 0 radical (unpaired) electrons. The molecule has 1 saturated carbocycles. The Kier molecular flexibility index (Phi) is 5.02. The molecule has 0 saturated heterocycles. The zero-order valence-corrected chi connectivity index (χ0v) is 10.1. The molecule has 3 N–H and O–H groups in total. The molecule has 0 aliphatic heterocycles. The van der Waals surface area contributed by atoms with E-state index in [1.54, 1.807) is 0 Å². The lowest BCUT2D eigenvalue weighted by atomic mass is 9.97. The van der Waals surface area contributed by atoms with E-state index in [4.69, 9.17) is 4.74 Å². The lowest BCUT2D eigenvalue weighted by Gasteiger charge is -2.28. The first-order valence-electron chi connectivity index (χ1n) is 5.87. The van der Waals surface area contributed by atoms with Crippen molar-refractivity contribution in [1.82, 2.24) is 10.6 Å². The minimum Gasteiger partial charge on any atom is -0.394 e. The van der Waals surface area contributed by atoms with Crippen LogP contribution in [0, 0.1) is 5.92 Å². The number of amides is 2. The van der Waals surface area contributed by atoms with Crippen molar-refractivity contribution < 1.29 is 14.6 Å². The molecule has 0 aromatic rings. The molecular weight excluding hydrogens is 208 g/mol. The first-order chi connectivity index (χ1) is 7.62. The number of aliphatic hydroxyl groups is 1. The number of nitrogens with one attached hydrogen (secondary N) is 2. The summed E-state index contributed by atoms with van der Waals surface area (Å²) in [4.78, 5) is 11.5. The minimum atomic E-state index is -0.476. The van der Waals surface area contributed by atoms with Gasteiger partial charge in [-0.15, -0.1) is 0 Å². The van der Waals surface area contributed by atoms with E-state index in [9.17, 15) is 9.90 Å². The Bertz CT molecular complexity index is 231. The molecule has 1 aliphatic rings. The third-order valence-electron chi connectivity index (χ3n) is 2.94. The number of aliphatic hydroxyl groups excluding tert-OH is 1. The lowest BCUT2D eigenvalue weighted by molar-refractivity contribution is 0.142. The van der Waals surface area contributed by atoms with Crippen molar-refractivity contribution in [3.8, 4) is 0 Å². The van der Waals surface area contributed by atoms with E-state index in [2.05, 4.69) is 10.6 Å². The van der Waals surface area contributed by atoms with Gasteiger partial charge in [0.05, 0.1) is 18.8 Å². The molecule has 1 atom stereocenters. The van der Waals surface area contributed by atoms with Gasteiger partial charge in [-0.3, -0.25) is 0 Å². The van der Waals surface area contributed by atoms with Crippen molar-refractivity contribution in [2.24, 2.45) is 5.92 Å². The monoisotopic (exact) mass is 230 g/mol. The van der Waals surface area contributed by atoms with Crippen molar-refractivity contribution in [3.05, 3.63) is 0 Å². The summed E-state index contributed by atoms with van der Waals surface area (Å²) in [7, 11) is 0. The average molecular weight is 230 g/mol. The molecule has 5 heteroatoms. The van der Waals surface area contributed by atoms with Crippen molar-refractivity contribution in [1.29, 1.82) is 0 Å². The van der Waals surface area contributed by atoms with Crippen LogP contribution in [0.25, 0.3) is 0 Å². The second kappa shape index (κ2) is 6.06. The van der Waals surface area contributed by atoms with Gasteiger partial charge in [0, 0.05) is 13.2 Å². The highest BCUT2D eigenvalue weighted by Gasteiger charge is 2.42. The molecule has 2 amide bonds. The van der Waals surface area contributed by atoms with Crippen LogP contribution in [0.3, 0.4) is 0 Å². The van der Waals surface area contributed by atoms with Crippen LogP contribution >= 0.6 is 0 Å². The summed E-state index contributed by atoms with van der Waals surface area (Å²) in [6, 6.07) is -0.233. The second-order valence-electron chi connectivity index (χ2n) is 4.43. The van der Waals surface area contributed by atoms with E-state index in [-0.39, 0.29) is 12.6 Å². The van der Waals surface area contributed by atoms with Gasteiger partial charge in [0.15, 0.2) is 0 Å². The fraction of sp³-hybridized carbons (Fsp3) is 0.909. The van der Waals surface area contributed by atoms with E-state index in [0.29, 0.717) is 25.7 Å². The Morgan fingerprint density at radius 3 is 2.75 bits per heavy atom. The molecule has 1 unspecified atom stereocenters. The van der Waals surface area contributed by atoms with Gasteiger partial charge < -0.3 is 20.5 Å². The fourth-order valence-electron chi connectivity index (χ4n) is 1.68. The lowest BCUT2D eigenvalue weighted by Crippen LogP contribution is -2.54. The van der Waals surface area contributed by atoms with Gasteiger partial charge in [0.2, 0.25) is 0 Å². The van der Waals surface area contributed by atoms with Crippen molar-refractivity contribution >= 4 is 6.03 Å². The molecule has 1 rings (SSSR count). The Hall–Kier alpha value is -0.810. The normalized spacial score (nSPS) is 18.9. The largest absolute Gasteiger partial charge is 0.394 e. The topological polar surface area (TPSA) is 70.6 Å². The maximum absolute atomic E-state index is 11.5. The summed E-state index contributed by atoms with van der Waals surface area (Å²) < 4.78 is 5.11. The Balaban J connectivity index is 2.21. The number of hydrogen-bond acceptors (Lipinski definition) is 3. The molecule has 0 bridgehead atoms. The molecular formula is C11H22N2O3. The van der Waals surface area contributed by atoms with E-state index in [1.165, 1.54) is 0 Å². The van der Waals surface area contributed by atoms with Crippen molar-refractivity contribution in [2.45, 2.75) is 32.2 Å². The molecule has 0 spiro atoms. The van der Waals surface area contributed by atoms with E-state index in [0.717, 1.165) is 12.8 Å². The molecule has 1 fully saturated rings. The van der Waals surface area contributed by atoms with Crippen LogP contribution < -0.4 is 10.6 Å². The molecule has 0 aromatic heterocycles. The predicted octanol–water partition coefficient (Wildman–Crippen LogP) is 0.483. The highest BCUT2D eigenvalue weighted by atomic mass is 16.5. The first kappa shape index (κ1) is 13.3. The minimum absolute atomic E-state index is 0.0173. The summed E-state index contributed by atoms with van der Waals surface area (Å²) >= 11 is 0. The highest BCUT2D eigenvalue weighted by molar-refractivity contribution is 5.74. The van der Waals surface area contributed by atoms with Gasteiger partial charge in [-0.2, -0.15) is 0 Å². The number of carbonyl (C=O) groups excluding carboxylic acids is 1. The summed E-state index contributed by atoms with van der Waals surface area (Å²) in [6.07, 6.45) is 2.16. The maximum Gasteiger partial charge on any atom is 0.315 e. The van der Waals surface area contributed by atoms with Gasteiger partial charge in [-0.25, -0.2) is 4.79 Å². The van der Waals surface area contributed by atoms with E-state index >= 15 is 0 Å². The summed E-state index contributed by atoms with van der Waals surface area (Å²) in [6.45, 7) is 5.44. The predicted molar refractivity (Wildman–Crippen MR) is 61.2 cm³/mol. The van der Waals surface area contributed by atoms with Crippen molar-refractivity contribution in [3.63, 3.8) is 0 Å². The number of hydrogen-bond donors (Lipinski definition) is 3. The second-order valence-corrected chi connectivity index (χ2v) is 4.43. The quantitative estimate of drug-likeness (QED) is 0.557. The molecule has 0 heterocycles. The maximum atomic E-state index is 11.5. The highest BCUT2D eigenvalue weighted by Crippen LogP contribution is 2.39. The van der Waals surface area contributed by atoms with Gasteiger partial charge in [0.25, 0.3) is 0 Å². The third-order valence-corrected chi connectivity index (χ3v) is 2.94. The summed E-state index contributed by atoms with van der Waals surface area (Å²) in [5.74, 6) is 0.412. The number of rotatable bonds is 7. The Morgan fingerprint density at radius 1 is 1.56 bits per heavy atom. The third kappa shape index (κ3) is 3.98. The van der Waals surface area contributed by atoms with E-state index < -0.39 is 5.54 Å². The Labute approximate surface area is 96.6 Å². The fourth-order valence-corrected chi connectivity index (χ4v) is 1.68. The Morgan fingerprint density at radius 2 is 2.25 bits per heavy atom.